The van der Waals surface area contributed by atoms with Gasteiger partial charge in [-0.1, -0.05) is 341 Å². The molecule has 0 spiro atoms. The lowest BCUT2D eigenvalue weighted by molar-refractivity contribution is -0.123. The number of hydrogen-bond donors (Lipinski definition) is 3. The van der Waals surface area contributed by atoms with E-state index in [4.69, 9.17) is 0 Å². The molecule has 4 heteroatoms. The van der Waals surface area contributed by atoms with Gasteiger partial charge in [0.25, 0.3) is 0 Å². The first kappa shape index (κ1) is 67.1. The molecular formula is C64H127NO3. The molecule has 0 heterocycles. The van der Waals surface area contributed by atoms with Crippen LogP contribution >= 0.6 is 0 Å². The van der Waals surface area contributed by atoms with Gasteiger partial charge >= 0.3 is 0 Å². The topological polar surface area (TPSA) is 69.6 Å². The normalized spacial score (nSPS) is 12.7. The van der Waals surface area contributed by atoms with Gasteiger partial charge in [0.1, 0.15) is 0 Å². The van der Waals surface area contributed by atoms with Crippen LogP contribution in [0.25, 0.3) is 0 Å². The monoisotopic (exact) mass is 958 g/mol. The maximum absolute atomic E-state index is 12.5. The number of allylic oxidation sites excluding steroid dienone is 2. The van der Waals surface area contributed by atoms with Crippen LogP contribution < -0.4 is 5.32 Å². The van der Waals surface area contributed by atoms with Crippen molar-refractivity contribution in [2.45, 2.75) is 386 Å². The third kappa shape index (κ3) is 56.0. The minimum atomic E-state index is -0.657. The van der Waals surface area contributed by atoms with E-state index in [-0.39, 0.29) is 12.5 Å². The molecule has 0 saturated carbocycles. The molecule has 1 amide bonds. The van der Waals surface area contributed by atoms with Crippen LogP contribution in [0.5, 0.6) is 0 Å². The first-order valence-corrected chi connectivity index (χ1v) is 31.9. The van der Waals surface area contributed by atoms with Crippen LogP contribution in [-0.2, 0) is 4.79 Å². The average molecular weight is 959 g/mol. The zero-order valence-electron chi connectivity index (χ0n) is 46.9. The maximum Gasteiger partial charge on any atom is 0.220 e. The number of unbranched alkanes of at least 4 members (excludes halogenated alkanes) is 51. The summed E-state index contributed by atoms with van der Waals surface area (Å²) in [5.74, 6) is -0.0217. The van der Waals surface area contributed by atoms with E-state index >= 15 is 0 Å². The summed E-state index contributed by atoms with van der Waals surface area (Å²) >= 11 is 0. The highest BCUT2D eigenvalue weighted by Crippen LogP contribution is 2.19. The number of amides is 1. The molecule has 0 radical (unpaired) electrons. The lowest BCUT2D eigenvalue weighted by Crippen LogP contribution is -2.45. The van der Waals surface area contributed by atoms with E-state index in [9.17, 15) is 15.0 Å². The minimum absolute atomic E-state index is 0.0217. The highest BCUT2D eigenvalue weighted by Gasteiger charge is 2.20. The first-order chi connectivity index (χ1) is 33.7. The number of nitrogens with one attached hydrogen (secondary N) is 1. The second-order valence-electron chi connectivity index (χ2n) is 22.2. The number of carbonyl (C=O) groups excluding carboxylic acids is 1. The molecule has 2 atom stereocenters. The standard InChI is InChI=1S/C64H127NO3/c1-3-5-7-9-11-13-15-17-19-21-23-25-27-28-29-30-31-32-33-34-35-36-38-40-42-44-46-48-50-52-54-56-58-60-64(68)65-62(61-66)63(67)59-57-55-53-51-49-47-45-43-41-39-37-26-24-22-20-18-16-14-12-10-8-6-4-2/h21,23,62-63,66-67H,3-20,22,24-61H2,1-2H3,(H,65,68)/b23-21-. The van der Waals surface area contributed by atoms with Crippen LogP contribution in [0.15, 0.2) is 12.2 Å². The lowest BCUT2D eigenvalue weighted by atomic mass is 10.0. The second kappa shape index (κ2) is 60.4. The second-order valence-corrected chi connectivity index (χ2v) is 22.2. The van der Waals surface area contributed by atoms with Crippen LogP contribution in [0.1, 0.15) is 373 Å². The van der Waals surface area contributed by atoms with E-state index in [1.807, 2.05) is 0 Å². The quantitative estimate of drug-likeness (QED) is 0.0420. The predicted octanol–water partition coefficient (Wildman–Crippen LogP) is 21.3. The van der Waals surface area contributed by atoms with E-state index in [1.165, 1.54) is 321 Å². The van der Waals surface area contributed by atoms with Crippen LogP contribution in [-0.4, -0.2) is 34.9 Å². The Balaban J connectivity index is 3.38. The zero-order chi connectivity index (χ0) is 49.2. The highest BCUT2D eigenvalue weighted by molar-refractivity contribution is 5.76. The van der Waals surface area contributed by atoms with Crippen LogP contribution in [0.2, 0.25) is 0 Å². The molecule has 2 unspecified atom stereocenters. The van der Waals surface area contributed by atoms with Crippen LogP contribution in [0.4, 0.5) is 0 Å². The number of hydrogen-bond acceptors (Lipinski definition) is 3. The molecule has 0 aromatic carbocycles. The summed E-state index contributed by atoms with van der Waals surface area (Å²) < 4.78 is 0. The van der Waals surface area contributed by atoms with Crippen molar-refractivity contribution >= 4 is 5.91 Å². The Labute approximate surface area is 428 Å². The molecule has 0 rings (SSSR count). The van der Waals surface area contributed by atoms with Crippen LogP contribution in [0.3, 0.4) is 0 Å². The number of aliphatic hydroxyl groups excluding tert-OH is 2. The Kier molecular flexibility index (Phi) is 59.7. The number of rotatable bonds is 60. The summed E-state index contributed by atoms with van der Waals surface area (Å²) in [7, 11) is 0. The Bertz CT molecular complexity index is 952. The fraction of sp³-hybridized carbons (Fsp3) is 0.953. The average Bonchev–Trinajstić information content (AvgIpc) is 3.34. The third-order valence-electron chi connectivity index (χ3n) is 15.3. The smallest absolute Gasteiger partial charge is 0.220 e. The Morgan fingerprint density at radius 1 is 0.338 bits per heavy atom. The van der Waals surface area contributed by atoms with Crippen molar-refractivity contribution in [3.8, 4) is 0 Å². The van der Waals surface area contributed by atoms with Gasteiger partial charge in [0, 0.05) is 6.42 Å². The molecule has 4 nitrogen and oxygen atoms in total. The molecule has 3 N–H and O–H groups in total. The van der Waals surface area contributed by atoms with E-state index in [2.05, 4.69) is 31.3 Å². The molecule has 0 aromatic heterocycles. The van der Waals surface area contributed by atoms with Crippen molar-refractivity contribution in [1.29, 1.82) is 0 Å². The van der Waals surface area contributed by atoms with Crippen molar-refractivity contribution < 1.29 is 15.0 Å². The van der Waals surface area contributed by atoms with Gasteiger partial charge in [0.2, 0.25) is 5.91 Å². The molecule has 0 fully saturated rings. The van der Waals surface area contributed by atoms with Crippen molar-refractivity contribution in [3.05, 3.63) is 12.2 Å². The summed E-state index contributed by atoms with van der Waals surface area (Å²) in [6.07, 6.45) is 79.5. The fourth-order valence-corrected chi connectivity index (χ4v) is 10.4. The summed E-state index contributed by atoms with van der Waals surface area (Å²) in [4.78, 5) is 12.5. The SMILES string of the molecule is CCCCCCCCCC/C=C\CCCCCCCCCCCCCCCCCCCCCCCC(=O)NC(CO)C(O)CCCCCCCCCCCCCCCCCCCCCCCCC. The summed E-state index contributed by atoms with van der Waals surface area (Å²) in [6, 6.07) is -0.533. The fourth-order valence-electron chi connectivity index (χ4n) is 10.4. The Morgan fingerprint density at radius 2 is 0.559 bits per heavy atom. The van der Waals surface area contributed by atoms with E-state index < -0.39 is 12.1 Å². The van der Waals surface area contributed by atoms with Crippen molar-refractivity contribution in [2.75, 3.05) is 6.61 Å². The Morgan fingerprint density at radius 3 is 0.809 bits per heavy atom. The summed E-state index contributed by atoms with van der Waals surface area (Å²) in [6.45, 7) is 4.41. The number of carbonyl (C=O) groups is 1. The molecule has 68 heavy (non-hydrogen) atoms. The van der Waals surface area contributed by atoms with E-state index in [0.29, 0.717) is 12.8 Å². The van der Waals surface area contributed by atoms with Gasteiger partial charge in [0.15, 0.2) is 0 Å². The van der Waals surface area contributed by atoms with E-state index in [0.717, 1.165) is 25.7 Å². The maximum atomic E-state index is 12.5. The van der Waals surface area contributed by atoms with Crippen molar-refractivity contribution in [1.82, 2.24) is 5.32 Å². The minimum Gasteiger partial charge on any atom is -0.394 e. The predicted molar refractivity (Wildman–Crippen MR) is 304 cm³/mol. The highest BCUT2D eigenvalue weighted by atomic mass is 16.3. The molecule has 0 aliphatic rings. The summed E-state index contributed by atoms with van der Waals surface area (Å²) in [5.41, 5.74) is 0. The molecule has 0 saturated heterocycles. The molecule has 0 bridgehead atoms. The molecule has 0 aliphatic carbocycles. The van der Waals surface area contributed by atoms with Gasteiger partial charge in [-0.05, 0) is 38.5 Å². The van der Waals surface area contributed by atoms with Gasteiger partial charge in [-0.15, -0.1) is 0 Å². The first-order valence-electron chi connectivity index (χ1n) is 31.9. The van der Waals surface area contributed by atoms with Crippen molar-refractivity contribution in [2.24, 2.45) is 0 Å². The van der Waals surface area contributed by atoms with Gasteiger partial charge in [0.05, 0.1) is 18.8 Å². The van der Waals surface area contributed by atoms with Crippen LogP contribution in [0, 0.1) is 0 Å². The van der Waals surface area contributed by atoms with Gasteiger partial charge in [-0.3, -0.25) is 4.79 Å². The largest absolute Gasteiger partial charge is 0.394 e. The molecule has 0 aromatic rings. The Hall–Kier alpha value is -0.870. The zero-order valence-corrected chi connectivity index (χ0v) is 46.9. The van der Waals surface area contributed by atoms with E-state index in [1.54, 1.807) is 0 Å². The van der Waals surface area contributed by atoms with Gasteiger partial charge in [-0.25, -0.2) is 0 Å². The lowest BCUT2D eigenvalue weighted by Gasteiger charge is -2.22. The molecule has 406 valence electrons. The van der Waals surface area contributed by atoms with Gasteiger partial charge < -0.3 is 15.5 Å². The van der Waals surface area contributed by atoms with Gasteiger partial charge in [-0.2, -0.15) is 0 Å². The third-order valence-corrected chi connectivity index (χ3v) is 15.3. The molecule has 0 aliphatic heterocycles. The summed E-state index contributed by atoms with van der Waals surface area (Å²) in [5, 5.41) is 23.4. The molecular weight excluding hydrogens is 831 g/mol. The number of aliphatic hydroxyl groups is 2. The van der Waals surface area contributed by atoms with Crippen molar-refractivity contribution in [3.63, 3.8) is 0 Å².